The number of hydrogen-bond acceptors (Lipinski definition) is 6. The summed E-state index contributed by atoms with van der Waals surface area (Å²) in [5, 5.41) is 8.65. The van der Waals surface area contributed by atoms with E-state index in [1.165, 1.54) is 0 Å². The average Bonchev–Trinajstić information content (AvgIpc) is 2.28. The lowest BCUT2D eigenvalue weighted by atomic mass is 10.3. The predicted molar refractivity (Wildman–Crippen MR) is 57.3 cm³/mol. The number of hydrogen-bond donors (Lipinski definition) is 0. The van der Waals surface area contributed by atoms with Crippen molar-refractivity contribution in [3.8, 4) is 6.07 Å². The van der Waals surface area contributed by atoms with Crippen LogP contribution in [0.5, 0.6) is 0 Å². The summed E-state index contributed by atoms with van der Waals surface area (Å²) in [4.78, 5) is 11.1. The zero-order valence-corrected chi connectivity index (χ0v) is 10.3. The van der Waals surface area contributed by atoms with Crippen molar-refractivity contribution in [1.29, 1.82) is 5.26 Å². The first-order chi connectivity index (χ1) is 7.99. The fourth-order valence-electron chi connectivity index (χ4n) is 1.40. The van der Waals surface area contributed by atoms with Crippen LogP contribution in [0.25, 0.3) is 0 Å². The third-order valence-corrected chi connectivity index (χ3v) is 3.89. The fraction of sp³-hybridized carbons (Fsp3) is 0.778. The minimum absolute atomic E-state index is 0.0434. The highest BCUT2D eigenvalue weighted by Gasteiger charge is 2.31. The van der Waals surface area contributed by atoms with Crippen molar-refractivity contribution in [1.82, 2.24) is 4.31 Å². The Balaban J connectivity index is 2.64. The molecule has 0 aromatic rings. The average molecular weight is 262 g/mol. The molecular formula is C9H14N2O5S. The summed E-state index contributed by atoms with van der Waals surface area (Å²) >= 11 is 0. The first-order valence-electron chi connectivity index (χ1n) is 5.14. The first-order valence-corrected chi connectivity index (χ1v) is 6.75. The number of ether oxygens (including phenoxy) is 2. The smallest absolute Gasteiger partial charge is 0.322 e. The van der Waals surface area contributed by atoms with Crippen LogP contribution in [-0.2, 0) is 24.3 Å². The number of carbonyl (C=O) groups is 1. The molecule has 0 bridgehead atoms. The summed E-state index contributed by atoms with van der Waals surface area (Å²) in [6, 6.07) is 1.84. The van der Waals surface area contributed by atoms with Crippen molar-refractivity contribution >= 4 is 16.0 Å². The number of rotatable bonds is 4. The fourth-order valence-corrected chi connectivity index (χ4v) is 2.68. The van der Waals surface area contributed by atoms with Crippen LogP contribution < -0.4 is 0 Å². The molecule has 1 rings (SSSR count). The minimum atomic E-state index is -3.72. The Morgan fingerprint density at radius 1 is 1.65 bits per heavy atom. The van der Waals surface area contributed by atoms with E-state index in [0.29, 0.717) is 0 Å². The van der Waals surface area contributed by atoms with E-state index in [1.54, 1.807) is 6.92 Å². The topological polar surface area (TPSA) is 96.7 Å². The van der Waals surface area contributed by atoms with Gasteiger partial charge in [-0.25, -0.2) is 8.42 Å². The Morgan fingerprint density at radius 3 is 2.94 bits per heavy atom. The largest absolute Gasteiger partial charge is 0.465 e. The molecular weight excluding hydrogens is 248 g/mol. The summed E-state index contributed by atoms with van der Waals surface area (Å²) < 4.78 is 34.3. The van der Waals surface area contributed by atoms with Crippen molar-refractivity contribution in [2.75, 3.05) is 32.1 Å². The normalized spacial score (nSPS) is 21.8. The molecule has 0 aliphatic carbocycles. The highest BCUT2D eigenvalue weighted by molar-refractivity contribution is 7.89. The second kappa shape index (κ2) is 5.95. The first kappa shape index (κ1) is 13.9. The van der Waals surface area contributed by atoms with E-state index >= 15 is 0 Å². The molecule has 1 atom stereocenters. The third kappa shape index (κ3) is 3.96. The molecule has 0 saturated carbocycles. The van der Waals surface area contributed by atoms with Gasteiger partial charge in [-0.1, -0.05) is 0 Å². The monoisotopic (exact) mass is 262 g/mol. The highest BCUT2D eigenvalue weighted by Crippen LogP contribution is 2.10. The Labute approximate surface area is 100.0 Å². The molecule has 0 amide bonds. The van der Waals surface area contributed by atoms with Crippen molar-refractivity contribution in [2.24, 2.45) is 0 Å². The van der Waals surface area contributed by atoms with E-state index in [4.69, 9.17) is 10.00 Å². The van der Waals surface area contributed by atoms with Gasteiger partial charge in [0.25, 0.3) is 0 Å². The number of carbonyl (C=O) groups excluding carboxylic acids is 1. The van der Waals surface area contributed by atoms with Gasteiger partial charge >= 0.3 is 5.97 Å². The van der Waals surface area contributed by atoms with Gasteiger partial charge in [0.2, 0.25) is 10.0 Å². The molecule has 1 unspecified atom stereocenters. The van der Waals surface area contributed by atoms with Gasteiger partial charge in [-0.3, -0.25) is 4.79 Å². The maximum Gasteiger partial charge on any atom is 0.322 e. The lowest BCUT2D eigenvalue weighted by Gasteiger charge is -2.28. The second-order valence-electron chi connectivity index (χ2n) is 3.41. The van der Waals surface area contributed by atoms with Gasteiger partial charge in [0.1, 0.15) is 0 Å². The highest BCUT2D eigenvalue weighted by atomic mass is 32.2. The van der Waals surface area contributed by atoms with Crippen molar-refractivity contribution in [3.63, 3.8) is 0 Å². The van der Waals surface area contributed by atoms with Crippen molar-refractivity contribution in [2.45, 2.75) is 13.0 Å². The number of nitrogens with zero attached hydrogens (tertiary/aromatic N) is 2. The molecule has 1 heterocycles. The number of esters is 1. The maximum absolute atomic E-state index is 11.8. The van der Waals surface area contributed by atoms with Gasteiger partial charge in [0.05, 0.1) is 25.8 Å². The summed E-state index contributed by atoms with van der Waals surface area (Å²) in [5.74, 6) is -1.48. The van der Waals surface area contributed by atoms with Gasteiger partial charge in [-0.05, 0) is 6.92 Å². The van der Waals surface area contributed by atoms with E-state index in [0.717, 1.165) is 4.31 Å². The molecule has 1 aliphatic heterocycles. The lowest BCUT2D eigenvalue weighted by molar-refractivity contribution is -0.140. The minimum Gasteiger partial charge on any atom is -0.465 e. The van der Waals surface area contributed by atoms with Crippen LogP contribution in [0.4, 0.5) is 0 Å². The molecule has 0 spiro atoms. The number of nitriles is 1. The Bertz CT molecular complexity index is 414. The van der Waals surface area contributed by atoms with Gasteiger partial charge in [-0.15, -0.1) is 0 Å². The van der Waals surface area contributed by atoms with E-state index < -0.39 is 27.8 Å². The SMILES string of the molecule is CCOC(=O)CS(=O)(=O)N1CCOC(C#N)C1. The van der Waals surface area contributed by atoms with E-state index in [2.05, 4.69) is 4.74 Å². The Hall–Kier alpha value is -1.17. The molecule has 96 valence electrons. The van der Waals surface area contributed by atoms with Crippen LogP contribution in [0.3, 0.4) is 0 Å². The molecule has 0 aromatic carbocycles. The number of sulfonamides is 1. The van der Waals surface area contributed by atoms with Crippen LogP contribution in [0.1, 0.15) is 6.92 Å². The summed E-state index contributed by atoms with van der Waals surface area (Å²) in [6.45, 7) is 2.00. The molecule has 1 saturated heterocycles. The Morgan fingerprint density at radius 2 is 2.35 bits per heavy atom. The van der Waals surface area contributed by atoms with Crippen LogP contribution in [0, 0.1) is 11.3 Å². The van der Waals surface area contributed by atoms with E-state index in [1.807, 2.05) is 6.07 Å². The quantitative estimate of drug-likeness (QED) is 0.609. The molecule has 8 heteroatoms. The predicted octanol–water partition coefficient (Wildman–Crippen LogP) is -0.896. The number of morpholine rings is 1. The molecule has 7 nitrogen and oxygen atoms in total. The lowest BCUT2D eigenvalue weighted by Crippen LogP contribution is -2.46. The van der Waals surface area contributed by atoms with Gasteiger partial charge in [-0.2, -0.15) is 9.57 Å². The van der Waals surface area contributed by atoms with Crippen LogP contribution >= 0.6 is 0 Å². The van der Waals surface area contributed by atoms with E-state index in [9.17, 15) is 13.2 Å². The van der Waals surface area contributed by atoms with Crippen molar-refractivity contribution in [3.05, 3.63) is 0 Å². The van der Waals surface area contributed by atoms with Crippen LogP contribution in [-0.4, -0.2) is 56.9 Å². The van der Waals surface area contributed by atoms with Crippen LogP contribution in [0.15, 0.2) is 0 Å². The molecule has 0 aromatic heterocycles. The summed E-state index contributed by atoms with van der Waals surface area (Å²) in [7, 11) is -3.72. The van der Waals surface area contributed by atoms with Crippen LogP contribution in [0.2, 0.25) is 0 Å². The summed E-state index contributed by atoms with van der Waals surface area (Å²) in [6.07, 6.45) is -0.777. The zero-order chi connectivity index (χ0) is 12.9. The maximum atomic E-state index is 11.8. The molecule has 0 radical (unpaired) electrons. The van der Waals surface area contributed by atoms with Gasteiger partial charge < -0.3 is 9.47 Å². The standard InChI is InChI=1S/C9H14N2O5S/c1-2-15-9(12)7-17(13,14)11-3-4-16-8(5-10)6-11/h8H,2-4,6-7H2,1H3. The second-order valence-corrected chi connectivity index (χ2v) is 5.38. The zero-order valence-electron chi connectivity index (χ0n) is 9.46. The van der Waals surface area contributed by atoms with Gasteiger partial charge in [0.15, 0.2) is 11.9 Å². The van der Waals surface area contributed by atoms with E-state index in [-0.39, 0.29) is 26.3 Å². The molecule has 1 fully saturated rings. The molecule has 1 aliphatic rings. The van der Waals surface area contributed by atoms with Gasteiger partial charge in [0, 0.05) is 6.54 Å². The Kier molecular flexibility index (Phi) is 4.86. The van der Waals surface area contributed by atoms with Crippen molar-refractivity contribution < 1.29 is 22.7 Å². The summed E-state index contributed by atoms with van der Waals surface area (Å²) in [5.41, 5.74) is 0. The molecule has 0 N–H and O–H groups in total. The molecule has 17 heavy (non-hydrogen) atoms. The third-order valence-electron chi connectivity index (χ3n) is 2.17.